The summed E-state index contributed by atoms with van der Waals surface area (Å²) in [6.45, 7) is 9.75. The molecule has 108 valence electrons. The van der Waals surface area contributed by atoms with Crippen LogP contribution in [0.3, 0.4) is 0 Å². The molecule has 0 saturated heterocycles. The third-order valence-electron chi connectivity index (χ3n) is 3.83. The molecule has 0 aliphatic carbocycles. The molecule has 1 heterocycles. The molecule has 0 spiro atoms. The van der Waals surface area contributed by atoms with Gasteiger partial charge in [-0.15, -0.1) is 0 Å². The lowest BCUT2D eigenvalue weighted by molar-refractivity contribution is 0.589. The molecule has 20 heavy (non-hydrogen) atoms. The van der Waals surface area contributed by atoms with Crippen molar-refractivity contribution in [1.82, 2.24) is 4.57 Å². The van der Waals surface area contributed by atoms with Crippen LogP contribution in [0.5, 0.6) is 0 Å². The Morgan fingerprint density at radius 2 is 1.75 bits per heavy atom. The average Bonchev–Trinajstić information content (AvgIpc) is 2.86. The minimum Gasteiger partial charge on any atom is -0.350 e. The molecule has 1 aromatic carbocycles. The van der Waals surface area contributed by atoms with Crippen molar-refractivity contribution < 1.29 is 0 Å². The third-order valence-corrected chi connectivity index (χ3v) is 3.83. The number of nitrogens with zero attached hydrogens (tertiary/aromatic N) is 1. The SMILES string of the molecule is CCC(N)c1ccn(Cc2ccc(C(C)(C)C)cc2)c1. The highest BCUT2D eigenvalue weighted by Crippen LogP contribution is 2.22. The highest BCUT2D eigenvalue weighted by Gasteiger charge is 2.12. The van der Waals surface area contributed by atoms with Crippen molar-refractivity contribution in [2.24, 2.45) is 5.73 Å². The van der Waals surface area contributed by atoms with Crippen LogP contribution in [-0.2, 0) is 12.0 Å². The third kappa shape index (κ3) is 3.51. The summed E-state index contributed by atoms with van der Waals surface area (Å²) in [5.41, 5.74) is 10.2. The van der Waals surface area contributed by atoms with E-state index >= 15 is 0 Å². The quantitative estimate of drug-likeness (QED) is 0.885. The number of benzene rings is 1. The van der Waals surface area contributed by atoms with E-state index in [9.17, 15) is 0 Å². The van der Waals surface area contributed by atoms with Crippen LogP contribution >= 0.6 is 0 Å². The number of nitrogens with two attached hydrogens (primary N) is 1. The molecular weight excluding hydrogens is 244 g/mol. The molecular formula is C18H26N2. The topological polar surface area (TPSA) is 30.9 Å². The summed E-state index contributed by atoms with van der Waals surface area (Å²) in [4.78, 5) is 0. The van der Waals surface area contributed by atoms with E-state index in [0.717, 1.165) is 13.0 Å². The Hall–Kier alpha value is -1.54. The first-order valence-corrected chi connectivity index (χ1v) is 7.41. The second-order valence-electron chi connectivity index (χ2n) is 6.58. The Bertz CT molecular complexity index is 544. The lowest BCUT2D eigenvalue weighted by Gasteiger charge is -2.19. The fourth-order valence-corrected chi connectivity index (χ4v) is 2.33. The van der Waals surface area contributed by atoms with Gasteiger partial charge in [0.2, 0.25) is 0 Å². The van der Waals surface area contributed by atoms with Crippen LogP contribution < -0.4 is 5.73 Å². The molecule has 0 fully saturated rings. The Morgan fingerprint density at radius 3 is 2.30 bits per heavy atom. The Morgan fingerprint density at radius 1 is 1.10 bits per heavy atom. The molecule has 2 rings (SSSR count). The van der Waals surface area contributed by atoms with E-state index in [1.807, 2.05) is 0 Å². The van der Waals surface area contributed by atoms with Crippen molar-refractivity contribution in [3.05, 3.63) is 59.4 Å². The molecule has 0 saturated carbocycles. The van der Waals surface area contributed by atoms with E-state index in [1.54, 1.807) is 0 Å². The summed E-state index contributed by atoms with van der Waals surface area (Å²) in [7, 11) is 0. The van der Waals surface area contributed by atoms with Gasteiger partial charge in [-0.3, -0.25) is 0 Å². The summed E-state index contributed by atoms with van der Waals surface area (Å²) in [5, 5.41) is 0. The molecule has 1 atom stereocenters. The predicted octanol–water partition coefficient (Wildman–Crippen LogP) is 4.24. The normalized spacial score (nSPS) is 13.4. The molecule has 0 aliphatic rings. The zero-order chi connectivity index (χ0) is 14.8. The maximum absolute atomic E-state index is 6.06. The lowest BCUT2D eigenvalue weighted by Crippen LogP contribution is -2.11. The van der Waals surface area contributed by atoms with Gasteiger partial charge in [-0.25, -0.2) is 0 Å². The number of hydrogen-bond acceptors (Lipinski definition) is 1. The van der Waals surface area contributed by atoms with Gasteiger partial charge < -0.3 is 10.3 Å². The van der Waals surface area contributed by atoms with E-state index in [-0.39, 0.29) is 11.5 Å². The van der Waals surface area contributed by atoms with Crippen molar-refractivity contribution >= 4 is 0 Å². The highest BCUT2D eigenvalue weighted by molar-refractivity contribution is 5.28. The van der Waals surface area contributed by atoms with Gasteiger partial charge in [0, 0.05) is 25.0 Å². The van der Waals surface area contributed by atoms with E-state index in [4.69, 9.17) is 5.73 Å². The molecule has 0 aliphatic heterocycles. The van der Waals surface area contributed by atoms with Crippen LogP contribution in [0.25, 0.3) is 0 Å². The monoisotopic (exact) mass is 270 g/mol. The van der Waals surface area contributed by atoms with Crippen LogP contribution in [0.4, 0.5) is 0 Å². The fourth-order valence-electron chi connectivity index (χ4n) is 2.33. The summed E-state index contributed by atoms with van der Waals surface area (Å²) in [5.74, 6) is 0. The van der Waals surface area contributed by atoms with E-state index in [1.165, 1.54) is 16.7 Å². The van der Waals surface area contributed by atoms with E-state index < -0.39 is 0 Å². The van der Waals surface area contributed by atoms with Gasteiger partial charge in [-0.1, -0.05) is 52.0 Å². The van der Waals surface area contributed by atoms with Gasteiger partial charge in [0.15, 0.2) is 0 Å². The molecule has 2 nitrogen and oxygen atoms in total. The molecule has 2 aromatic rings. The van der Waals surface area contributed by atoms with Crippen molar-refractivity contribution in [2.75, 3.05) is 0 Å². The maximum atomic E-state index is 6.06. The molecule has 0 bridgehead atoms. The van der Waals surface area contributed by atoms with Crippen molar-refractivity contribution in [1.29, 1.82) is 0 Å². The van der Waals surface area contributed by atoms with Crippen LogP contribution in [0.1, 0.15) is 56.8 Å². The average molecular weight is 270 g/mol. The summed E-state index contributed by atoms with van der Waals surface area (Å²) >= 11 is 0. The van der Waals surface area contributed by atoms with Crippen LogP contribution in [0.2, 0.25) is 0 Å². The second-order valence-corrected chi connectivity index (χ2v) is 6.58. The fraction of sp³-hybridized carbons (Fsp3) is 0.444. The summed E-state index contributed by atoms with van der Waals surface area (Å²) < 4.78 is 2.21. The van der Waals surface area contributed by atoms with Crippen molar-refractivity contribution in [3.63, 3.8) is 0 Å². The van der Waals surface area contributed by atoms with Gasteiger partial charge in [-0.05, 0) is 34.6 Å². The lowest BCUT2D eigenvalue weighted by atomic mass is 9.87. The molecule has 0 radical (unpaired) electrons. The molecule has 2 N–H and O–H groups in total. The van der Waals surface area contributed by atoms with Crippen LogP contribution in [0.15, 0.2) is 42.7 Å². The van der Waals surface area contributed by atoms with Crippen molar-refractivity contribution in [3.8, 4) is 0 Å². The Labute approximate surface area is 122 Å². The maximum Gasteiger partial charge on any atom is 0.0470 e. The Balaban J connectivity index is 2.08. The highest BCUT2D eigenvalue weighted by atomic mass is 14.9. The molecule has 0 amide bonds. The molecule has 1 aromatic heterocycles. The summed E-state index contributed by atoms with van der Waals surface area (Å²) in [6.07, 6.45) is 5.25. The summed E-state index contributed by atoms with van der Waals surface area (Å²) in [6, 6.07) is 11.2. The van der Waals surface area contributed by atoms with E-state index in [0.29, 0.717) is 0 Å². The number of rotatable bonds is 4. The van der Waals surface area contributed by atoms with Gasteiger partial charge in [-0.2, -0.15) is 0 Å². The minimum atomic E-state index is 0.152. The molecule has 2 heteroatoms. The number of aromatic nitrogens is 1. The first-order valence-electron chi connectivity index (χ1n) is 7.41. The first kappa shape index (κ1) is 14.9. The largest absolute Gasteiger partial charge is 0.350 e. The Kier molecular flexibility index (Phi) is 4.34. The standard InChI is InChI=1S/C18H26N2/c1-5-17(19)15-10-11-20(13-15)12-14-6-8-16(9-7-14)18(2,3)4/h6-11,13,17H,5,12,19H2,1-4H3. The second kappa shape index (κ2) is 5.84. The van der Waals surface area contributed by atoms with Crippen LogP contribution in [0, 0.1) is 0 Å². The molecule has 1 unspecified atom stereocenters. The van der Waals surface area contributed by atoms with E-state index in [2.05, 4.69) is 75.0 Å². The van der Waals surface area contributed by atoms with Gasteiger partial charge in [0.25, 0.3) is 0 Å². The van der Waals surface area contributed by atoms with Crippen molar-refractivity contribution in [2.45, 2.75) is 52.1 Å². The predicted molar refractivity (Wildman–Crippen MR) is 85.9 cm³/mol. The van der Waals surface area contributed by atoms with Gasteiger partial charge in [0.05, 0.1) is 0 Å². The first-order chi connectivity index (χ1) is 9.40. The smallest absolute Gasteiger partial charge is 0.0470 e. The zero-order valence-corrected chi connectivity index (χ0v) is 13.1. The number of hydrogen-bond donors (Lipinski definition) is 1. The minimum absolute atomic E-state index is 0.152. The zero-order valence-electron chi connectivity index (χ0n) is 13.1. The van der Waals surface area contributed by atoms with Crippen LogP contribution in [-0.4, -0.2) is 4.57 Å². The van der Waals surface area contributed by atoms with Gasteiger partial charge in [0.1, 0.15) is 0 Å². The van der Waals surface area contributed by atoms with Gasteiger partial charge >= 0.3 is 0 Å².